The van der Waals surface area contributed by atoms with E-state index >= 15 is 0 Å². The molecule has 0 unspecified atom stereocenters. The van der Waals surface area contributed by atoms with Crippen molar-refractivity contribution in [1.29, 1.82) is 0 Å². The van der Waals surface area contributed by atoms with Gasteiger partial charge in [0.05, 0.1) is 28.7 Å². The molecule has 9 heteroatoms. The summed E-state index contributed by atoms with van der Waals surface area (Å²) in [6.45, 7) is 6.40. The lowest BCUT2D eigenvalue weighted by Crippen LogP contribution is -2.23. The van der Waals surface area contributed by atoms with Gasteiger partial charge in [-0.1, -0.05) is 59.6 Å². The maximum Gasteiger partial charge on any atom is 0.282 e. The Kier molecular flexibility index (Phi) is 8.32. The first-order chi connectivity index (χ1) is 17.2. The largest absolute Gasteiger partial charge is 0.493 e. The molecule has 0 saturated heterocycles. The highest BCUT2D eigenvalue weighted by Crippen LogP contribution is 2.42. The molecular weight excluding hydrogens is 654 g/mol. The number of rotatable bonds is 7. The molecule has 4 rings (SSSR count). The maximum atomic E-state index is 13.3. The summed E-state index contributed by atoms with van der Waals surface area (Å²) in [4.78, 5) is 18.0. The molecule has 1 heterocycles. The Morgan fingerprint density at radius 1 is 1.08 bits per heavy atom. The first-order valence-electron chi connectivity index (χ1n) is 11.2. The molecule has 0 bridgehead atoms. The molecule has 4 aromatic rings. The molecule has 0 fully saturated rings. The number of benzene rings is 3. The van der Waals surface area contributed by atoms with E-state index in [1.165, 1.54) is 10.2 Å². The number of ether oxygens (including phenoxy) is 2. The van der Waals surface area contributed by atoms with Gasteiger partial charge in [0.1, 0.15) is 12.4 Å². The minimum absolute atomic E-state index is 0.00925. The lowest BCUT2D eigenvalue weighted by molar-refractivity contribution is 0.282. The van der Waals surface area contributed by atoms with Gasteiger partial charge in [-0.25, -0.2) is 4.98 Å². The Morgan fingerprint density at radius 2 is 1.86 bits per heavy atom. The van der Waals surface area contributed by atoms with Crippen LogP contribution in [0.5, 0.6) is 11.5 Å². The van der Waals surface area contributed by atoms with Gasteiger partial charge >= 0.3 is 0 Å². The van der Waals surface area contributed by atoms with E-state index in [4.69, 9.17) is 14.5 Å². The van der Waals surface area contributed by atoms with Crippen LogP contribution in [0, 0.1) is 6.92 Å². The van der Waals surface area contributed by atoms with E-state index in [1.54, 1.807) is 19.4 Å². The van der Waals surface area contributed by atoms with E-state index in [0.717, 1.165) is 14.5 Å². The number of fused-ring (bicyclic) bond motifs is 1. The number of nitrogens with zero attached hydrogens (tertiary/aromatic N) is 3. The second-order valence-corrected chi connectivity index (χ2v) is 11.1. The quantitative estimate of drug-likeness (QED) is 0.189. The first-order valence-corrected chi connectivity index (χ1v) is 13.6. The smallest absolute Gasteiger partial charge is 0.282 e. The van der Waals surface area contributed by atoms with Crippen molar-refractivity contribution in [3.05, 3.63) is 94.8 Å². The summed E-state index contributed by atoms with van der Waals surface area (Å²) in [7, 11) is 1.59. The van der Waals surface area contributed by atoms with Gasteiger partial charge < -0.3 is 9.47 Å². The zero-order valence-corrected chi connectivity index (χ0v) is 24.9. The number of halogens is 3. The summed E-state index contributed by atoms with van der Waals surface area (Å²) in [5.74, 6) is 1.67. The van der Waals surface area contributed by atoms with Crippen LogP contribution >= 0.6 is 47.8 Å². The molecule has 0 amide bonds. The van der Waals surface area contributed by atoms with Crippen molar-refractivity contribution in [2.75, 3.05) is 7.11 Å². The van der Waals surface area contributed by atoms with Crippen LogP contribution < -0.4 is 15.0 Å². The summed E-state index contributed by atoms with van der Waals surface area (Å²) < 4.78 is 15.3. The highest BCUT2D eigenvalue weighted by atomic mass is 79.9. The van der Waals surface area contributed by atoms with Gasteiger partial charge in [-0.15, -0.1) is 0 Å². The third-order valence-corrected chi connectivity index (χ3v) is 8.14. The molecule has 0 aliphatic heterocycles. The van der Waals surface area contributed by atoms with Crippen molar-refractivity contribution in [2.45, 2.75) is 33.3 Å². The number of hydrogen-bond donors (Lipinski definition) is 0. The second-order valence-electron chi connectivity index (χ2n) is 8.55. The highest BCUT2D eigenvalue weighted by molar-refractivity contribution is 9.13. The fourth-order valence-corrected chi connectivity index (χ4v) is 5.01. The SMILES string of the molecule is COc1cc(C=Nn2c(C(C)C)nc3ccc(Br)cc3c2=O)c(Br)c(Br)c1OCc1cccc(C)c1. The minimum Gasteiger partial charge on any atom is -0.493 e. The third-order valence-electron chi connectivity index (χ3n) is 5.50. The molecule has 0 spiro atoms. The van der Waals surface area contributed by atoms with Crippen LogP contribution in [0.1, 0.15) is 42.3 Å². The first kappa shape index (κ1) is 26.6. The van der Waals surface area contributed by atoms with Gasteiger partial charge in [0, 0.05) is 20.4 Å². The zero-order valence-electron chi connectivity index (χ0n) is 20.2. The summed E-state index contributed by atoms with van der Waals surface area (Å²) in [6.07, 6.45) is 1.61. The molecule has 0 atom stereocenters. The maximum absolute atomic E-state index is 13.3. The van der Waals surface area contributed by atoms with Gasteiger partial charge in [-0.3, -0.25) is 4.79 Å². The lowest BCUT2D eigenvalue weighted by Gasteiger charge is -2.16. The fraction of sp³-hybridized carbons (Fsp3) is 0.222. The molecule has 186 valence electrons. The molecule has 0 radical (unpaired) electrons. The molecule has 36 heavy (non-hydrogen) atoms. The van der Waals surface area contributed by atoms with Crippen molar-refractivity contribution in [3.8, 4) is 11.5 Å². The molecule has 0 aliphatic carbocycles. The summed E-state index contributed by atoms with van der Waals surface area (Å²) >= 11 is 10.7. The molecule has 0 saturated carbocycles. The van der Waals surface area contributed by atoms with E-state index in [9.17, 15) is 4.79 Å². The standard InChI is InChI=1S/C27H24Br3N3O3/c1-15(2)26-32-21-9-8-19(28)12-20(21)27(34)33(26)31-13-18-11-22(35-4)25(24(30)23(18)29)36-14-17-7-5-6-16(3)10-17/h5-13,15H,14H2,1-4H3. The predicted molar refractivity (Wildman–Crippen MR) is 155 cm³/mol. The Labute approximate surface area is 234 Å². The molecule has 0 aliphatic rings. The van der Waals surface area contributed by atoms with Gasteiger partial charge in [0.2, 0.25) is 0 Å². The van der Waals surface area contributed by atoms with E-state index in [0.29, 0.717) is 44.9 Å². The average molecular weight is 678 g/mol. The minimum atomic E-state index is -0.235. The van der Waals surface area contributed by atoms with Crippen molar-refractivity contribution in [1.82, 2.24) is 9.66 Å². The van der Waals surface area contributed by atoms with E-state index in [1.807, 2.05) is 57.2 Å². The van der Waals surface area contributed by atoms with Crippen LogP contribution in [-0.4, -0.2) is 23.0 Å². The number of aryl methyl sites for hydroxylation is 1. The van der Waals surface area contributed by atoms with E-state index in [-0.39, 0.29) is 11.5 Å². The second kappa shape index (κ2) is 11.3. The monoisotopic (exact) mass is 675 g/mol. The Morgan fingerprint density at radius 3 is 2.56 bits per heavy atom. The van der Waals surface area contributed by atoms with Crippen LogP contribution in [0.3, 0.4) is 0 Å². The van der Waals surface area contributed by atoms with Crippen molar-refractivity contribution < 1.29 is 9.47 Å². The van der Waals surface area contributed by atoms with Gasteiger partial charge in [0.25, 0.3) is 5.56 Å². The number of aromatic nitrogens is 2. The number of methoxy groups -OCH3 is 1. The summed E-state index contributed by atoms with van der Waals surface area (Å²) in [6, 6.07) is 15.4. The predicted octanol–water partition coefficient (Wildman–Crippen LogP) is 7.59. The normalized spacial score (nSPS) is 11.6. The molecule has 3 aromatic carbocycles. The Bertz CT molecular complexity index is 1530. The topological polar surface area (TPSA) is 65.7 Å². The molecule has 0 N–H and O–H groups in total. The van der Waals surface area contributed by atoms with Crippen LogP contribution in [0.4, 0.5) is 0 Å². The Balaban J connectivity index is 1.74. The summed E-state index contributed by atoms with van der Waals surface area (Å²) in [5.41, 5.74) is 3.33. The molecular formula is C27H24Br3N3O3. The van der Waals surface area contributed by atoms with Gasteiger partial charge in [0.15, 0.2) is 11.5 Å². The molecule has 1 aromatic heterocycles. The third kappa shape index (κ3) is 5.58. The van der Waals surface area contributed by atoms with Crippen LogP contribution in [-0.2, 0) is 6.61 Å². The summed E-state index contributed by atoms with van der Waals surface area (Å²) in [5, 5.41) is 5.03. The van der Waals surface area contributed by atoms with Crippen molar-refractivity contribution in [3.63, 3.8) is 0 Å². The van der Waals surface area contributed by atoms with Gasteiger partial charge in [-0.05, 0) is 68.6 Å². The lowest BCUT2D eigenvalue weighted by atomic mass is 10.1. The Hall–Kier alpha value is -2.49. The average Bonchev–Trinajstić information content (AvgIpc) is 2.85. The van der Waals surface area contributed by atoms with Crippen LogP contribution in [0.15, 0.2) is 71.8 Å². The van der Waals surface area contributed by atoms with Crippen LogP contribution in [0.2, 0.25) is 0 Å². The van der Waals surface area contributed by atoms with E-state index in [2.05, 4.69) is 59.0 Å². The fourth-order valence-electron chi connectivity index (χ4n) is 3.71. The van der Waals surface area contributed by atoms with Crippen molar-refractivity contribution >= 4 is 64.9 Å². The van der Waals surface area contributed by atoms with Crippen LogP contribution in [0.25, 0.3) is 10.9 Å². The van der Waals surface area contributed by atoms with Gasteiger partial charge in [-0.2, -0.15) is 9.78 Å². The highest BCUT2D eigenvalue weighted by Gasteiger charge is 2.18. The molecule has 6 nitrogen and oxygen atoms in total. The van der Waals surface area contributed by atoms with Crippen molar-refractivity contribution in [2.24, 2.45) is 5.10 Å². The zero-order chi connectivity index (χ0) is 26.0. The van der Waals surface area contributed by atoms with E-state index < -0.39 is 0 Å². The number of hydrogen-bond acceptors (Lipinski definition) is 5.